The van der Waals surface area contributed by atoms with Crippen molar-refractivity contribution >= 4 is 18.3 Å². The van der Waals surface area contributed by atoms with Crippen LogP contribution in [0.1, 0.15) is 44.1 Å². The minimum Gasteiger partial charge on any atom is -0.493 e. The van der Waals surface area contributed by atoms with Gasteiger partial charge in [0.1, 0.15) is 0 Å². The van der Waals surface area contributed by atoms with Gasteiger partial charge in [0.05, 0.1) is 14.2 Å². The van der Waals surface area contributed by atoms with Crippen LogP contribution in [0.5, 0.6) is 11.5 Å². The van der Waals surface area contributed by atoms with Gasteiger partial charge in [0.15, 0.2) is 11.5 Å². The number of amides is 1. The first-order chi connectivity index (χ1) is 12.2. The number of fused-ring (bicyclic) bond motifs is 2. The molecule has 6 heteroatoms. The lowest BCUT2D eigenvalue weighted by Gasteiger charge is -2.28. The standard InChI is InChI=1S/C20H30N2O3.ClH/c1-24-18-8-5-14(12-19(18)25-2)4-3-9-21-20(23)13-15-10-16-6-7-17(11-15)22-16;/h5,8,12,15-17,22H,3-4,6-7,9-11,13H2,1-2H3,(H,21,23);1H. The van der Waals surface area contributed by atoms with Crippen LogP contribution in [0.3, 0.4) is 0 Å². The van der Waals surface area contributed by atoms with Crippen molar-refractivity contribution < 1.29 is 14.3 Å². The summed E-state index contributed by atoms with van der Waals surface area (Å²) in [5, 5.41) is 6.72. The molecule has 2 aliphatic rings. The van der Waals surface area contributed by atoms with Crippen molar-refractivity contribution in [2.45, 2.75) is 57.0 Å². The highest BCUT2D eigenvalue weighted by molar-refractivity contribution is 5.85. The number of nitrogens with one attached hydrogen (secondary N) is 2. The van der Waals surface area contributed by atoms with Crippen molar-refractivity contribution in [1.82, 2.24) is 10.6 Å². The Labute approximate surface area is 162 Å². The highest BCUT2D eigenvalue weighted by Gasteiger charge is 2.34. The molecule has 2 fully saturated rings. The maximum atomic E-state index is 12.2. The second kappa shape index (κ2) is 10.0. The first-order valence-corrected chi connectivity index (χ1v) is 9.41. The Morgan fingerprint density at radius 2 is 1.85 bits per heavy atom. The molecular weight excluding hydrogens is 352 g/mol. The third kappa shape index (κ3) is 5.52. The van der Waals surface area contributed by atoms with Gasteiger partial charge in [0.25, 0.3) is 0 Å². The summed E-state index contributed by atoms with van der Waals surface area (Å²) >= 11 is 0. The summed E-state index contributed by atoms with van der Waals surface area (Å²) in [6.07, 6.45) is 7.43. The van der Waals surface area contributed by atoms with Crippen LogP contribution in [0.2, 0.25) is 0 Å². The van der Waals surface area contributed by atoms with Gasteiger partial charge in [-0.15, -0.1) is 12.4 Å². The molecule has 3 rings (SSSR count). The molecule has 2 N–H and O–H groups in total. The van der Waals surface area contributed by atoms with Crippen LogP contribution in [-0.2, 0) is 11.2 Å². The van der Waals surface area contributed by atoms with E-state index in [9.17, 15) is 4.79 Å². The Bertz CT molecular complexity index is 584. The minimum absolute atomic E-state index is 0. The normalized spacial score (nSPS) is 23.8. The van der Waals surface area contributed by atoms with Crippen LogP contribution in [0.15, 0.2) is 18.2 Å². The number of hydrogen-bond acceptors (Lipinski definition) is 4. The zero-order valence-electron chi connectivity index (χ0n) is 15.8. The second-order valence-electron chi connectivity index (χ2n) is 7.32. The van der Waals surface area contributed by atoms with E-state index in [1.54, 1.807) is 14.2 Å². The molecule has 2 heterocycles. The number of methoxy groups -OCH3 is 2. The molecule has 0 spiro atoms. The molecule has 2 unspecified atom stereocenters. The zero-order chi connectivity index (χ0) is 17.6. The van der Waals surface area contributed by atoms with Crippen LogP contribution in [0.4, 0.5) is 0 Å². The van der Waals surface area contributed by atoms with Gasteiger partial charge in [0.2, 0.25) is 5.91 Å². The predicted octanol–water partition coefficient (Wildman–Crippen LogP) is 3.10. The van der Waals surface area contributed by atoms with E-state index < -0.39 is 0 Å². The van der Waals surface area contributed by atoms with Crippen LogP contribution in [0, 0.1) is 5.92 Å². The third-order valence-electron chi connectivity index (χ3n) is 5.46. The van der Waals surface area contributed by atoms with Gasteiger partial charge < -0.3 is 20.1 Å². The van der Waals surface area contributed by atoms with Gasteiger partial charge in [-0.3, -0.25) is 4.79 Å². The lowest BCUT2D eigenvalue weighted by atomic mass is 9.89. The van der Waals surface area contributed by atoms with Crippen molar-refractivity contribution in [3.05, 3.63) is 23.8 Å². The fourth-order valence-corrected chi connectivity index (χ4v) is 4.23. The van der Waals surface area contributed by atoms with Gasteiger partial charge in [0, 0.05) is 25.0 Å². The van der Waals surface area contributed by atoms with Gasteiger partial charge in [-0.25, -0.2) is 0 Å². The topological polar surface area (TPSA) is 59.6 Å². The summed E-state index contributed by atoms with van der Waals surface area (Å²) in [5.41, 5.74) is 1.20. The number of benzene rings is 1. The molecule has 0 saturated carbocycles. The van der Waals surface area contributed by atoms with Crippen molar-refractivity contribution in [2.24, 2.45) is 5.92 Å². The van der Waals surface area contributed by atoms with E-state index >= 15 is 0 Å². The average molecular weight is 383 g/mol. The quantitative estimate of drug-likeness (QED) is 0.678. The zero-order valence-corrected chi connectivity index (χ0v) is 16.6. The fraction of sp³-hybridized carbons (Fsp3) is 0.650. The lowest BCUT2D eigenvalue weighted by molar-refractivity contribution is -0.122. The largest absolute Gasteiger partial charge is 0.493 e. The molecule has 0 aromatic heterocycles. The van der Waals surface area contributed by atoms with Crippen LogP contribution in [0.25, 0.3) is 0 Å². The summed E-state index contributed by atoms with van der Waals surface area (Å²) < 4.78 is 10.6. The molecule has 2 aliphatic heterocycles. The highest BCUT2D eigenvalue weighted by Crippen LogP contribution is 2.32. The number of aryl methyl sites for hydroxylation is 1. The van der Waals surface area contributed by atoms with Gasteiger partial charge in [-0.05, 0) is 62.1 Å². The number of carbonyl (C=O) groups excluding carboxylic acids is 1. The van der Waals surface area contributed by atoms with Crippen molar-refractivity contribution in [3.63, 3.8) is 0 Å². The van der Waals surface area contributed by atoms with E-state index in [1.165, 1.54) is 18.4 Å². The van der Waals surface area contributed by atoms with E-state index in [-0.39, 0.29) is 18.3 Å². The molecule has 146 valence electrons. The van der Waals surface area contributed by atoms with E-state index in [0.29, 0.717) is 24.4 Å². The van der Waals surface area contributed by atoms with E-state index in [0.717, 1.165) is 43.7 Å². The minimum atomic E-state index is 0. The van der Waals surface area contributed by atoms with E-state index in [2.05, 4.69) is 10.6 Å². The van der Waals surface area contributed by atoms with Crippen molar-refractivity contribution in [3.8, 4) is 11.5 Å². The van der Waals surface area contributed by atoms with Crippen molar-refractivity contribution in [2.75, 3.05) is 20.8 Å². The molecular formula is C20H31ClN2O3. The maximum absolute atomic E-state index is 12.2. The molecule has 0 aliphatic carbocycles. The average Bonchev–Trinajstić information content (AvgIpc) is 2.96. The highest BCUT2D eigenvalue weighted by atomic mass is 35.5. The molecule has 26 heavy (non-hydrogen) atoms. The van der Waals surface area contributed by atoms with Crippen LogP contribution in [-0.4, -0.2) is 38.8 Å². The van der Waals surface area contributed by atoms with Crippen molar-refractivity contribution in [1.29, 1.82) is 0 Å². The molecule has 1 aromatic carbocycles. The fourth-order valence-electron chi connectivity index (χ4n) is 4.23. The predicted molar refractivity (Wildman–Crippen MR) is 105 cm³/mol. The van der Waals surface area contributed by atoms with Crippen LogP contribution >= 0.6 is 12.4 Å². The molecule has 1 aromatic rings. The molecule has 5 nitrogen and oxygen atoms in total. The first kappa shape index (κ1) is 20.8. The Hall–Kier alpha value is -1.46. The molecule has 1 amide bonds. The lowest BCUT2D eigenvalue weighted by Crippen LogP contribution is -2.39. The molecule has 2 bridgehead atoms. The number of halogens is 1. The van der Waals surface area contributed by atoms with Gasteiger partial charge >= 0.3 is 0 Å². The number of piperidine rings is 1. The Kier molecular flexibility index (Phi) is 8.04. The summed E-state index contributed by atoms with van der Waals surface area (Å²) in [4.78, 5) is 12.2. The molecule has 0 radical (unpaired) electrons. The Balaban J connectivity index is 0.00000243. The van der Waals surface area contributed by atoms with E-state index in [1.807, 2.05) is 18.2 Å². The van der Waals surface area contributed by atoms with Gasteiger partial charge in [-0.1, -0.05) is 6.07 Å². The first-order valence-electron chi connectivity index (χ1n) is 9.41. The molecule has 2 saturated heterocycles. The van der Waals surface area contributed by atoms with Crippen LogP contribution < -0.4 is 20.1 Å². The maximum Gasteiger partial charge on any atom is 0.220 e. The van der Waals surface area contributed by atoms with Gasteiger partial charge in [-0.2, -0.15) is 0 Å². The molecule has 2 atom stereocenters. The monoisotopic (exact) mass is 382 g/mol. The number of hydrogen-bond donors (Lipinski definition) is 2. The SMILES string of the molecule is COc1ccc(CCCNC(=O)CC2CC3CCC(C2)N3)cc1OC.Cl. The Morgan fingerprint density at radius 1 is 1.15 bits per heavy atom. The summed E-state index contributed by atoms with van der Waals surface area (Å²) in [5.74, 6) is 2.27. The third-order valence-corrected chi connectivity index (χ3v) is 5.46. The summed E-state index contributed by atoms with van der Waals surface area (Å²) in [7, 11) is 3.29. The number of ether oxygens (including phenoxy) is 2. The van der Waals surface area contributed by atoms with E-state index in [4.69, 9.17) is 9.47 Å². The second-order valence-corrected chi connectivity index (χ2v) is 7.32. The Morgan fingerprint density at radius 3 is 2.50 bits per heavy atom. The smallest absolute Gasteiger partial charge is 0.220 e. The summed E-state index contributed by atoms with van der Waals surface area (Å²) in [6, 6.07) is 7.29. The summed E-state index contributed by atoms with van der Waals surface area (Å²) in [6.45, 7) is 0.727. The number of carbonyl (C=O) groups is 1. The number of rotatable bonds is 8.